The normalized spacial score (nSPS) is 10.7. The summed E-state index contributed by atoms with van der Waals surface area (Å²) in [5, 5.41) is 5.31. The number of nitrogens with one attached hydrogen (secondary N) is 2. The molecule has 120 valence electrons. The topological polar surface area (TPSA) is 84.2 Å². The molecule has 0 saturated carbocycles. The molecule has 2 rings (SSSR count). The van der Waals surface area contributed by atoms with Crippen molar-refractivity contribution in [2.24, 2.45) is 0 Å². The fourth-order valence-corrected chi connectivity index (χ4v) is 1.81. The average Bonchev–Trinajstić information content (AvgIpc) is 2.93. The Bertz CT molecular complexity index is 702. The number of nitrogens with zero attached hydrogens (tertiary/aromatic N) is 1. The molecule has 0 aromatic carbocycles. The van der Waals surface area contributed by atoms with Crippen molar-refractivity contribution in [1.82, 2.24) is 10.3 Å². The lowest BCUT2D eigenvalue weighted by molar-refractivity contribution is -0.117. The number of pyridine rings is 1. The molecule has 0 radical (unpaired) electrons. The van der Waals surface area contributed by atoms with Crippen LogP contribution < -0.4 is 10.6 Å². The maximum absolute atomic E-state index is 11.7. The van der Waals surface area contributed by atoms with E-state index in [4.69, 9.17) is 4.42 Å². The highest BCUT2D eigenvalue weighted by Gasteiger charge is 2.04. The molecule has 2 aromatic rings. The molecule has 0 aliphatic heterocycles. The Morgan fingerprint density at radius 1 is 1.22 bits per heavy atom. The lowest BCUT2D eigenvalue weighted by Gasteiger charge is -2.05. The van der Waals surface area contributed by atoms with Crippen molar-refractivity contribution in [1.29, 1.82) is 0 Å². The van der Waals surface area contributed by atoms with Gasteiger partial charge in [0.25, 0.3) is 0 Å². The Morgan fingerprint density at radius 3 is 2.70 bits per heavy atom. The fourth-order valence-electron chi connectivity index (χ4n) is 1.81. The number of rotatable bonds is 6. The van der Waals surface area contributed by atoms with E-state index in [-0.39, 0.29) is 24.8 Å². The summed E-state index contributed by atoms with van der Waals surface area (Å²) in [4.78, 5) is 27.4. The highest BCUT2D eigenvalue weighted by atomic mass is 16.3. The molecule has 0 bridgehead atoms. The Labute approximate surface area is 134 Å². The monoisotopic (exact) mass is 313 g/mol. The fraction of sp³-hybridized carbons (Fsp3) is 0.235. The van der Waals surface area contributed by atoms with Gasteiger partial charge in [0.1, 0.15) is 17.3 Å². The Balaban J connectivity index is 1.69. The minimum absolute atomic E-state index is 0.176. The molecule has 6 heteroatoms. The number of aromatic nitrogens is 1. The van der Waals surface area contributed by atoms with Crippen LogP contribution in [-0.4, -0.2) is 23.3 Å². The van der Waals surface area contributed by atoms with E-state index in [2.05, 4.69) is 15.6 Å². The van der Waals surface area contributed by atoms with Crippen molar-refractivity contribution in [2.75, 3.05) is 11.9 Å². The molecule has 0 unspecified atom stereocenters. The third kappa shape index (κ3) is 5.78. The third-order valence-corrected chi connectivity index (χ3v) is 2.99. The number of anilines is 1. The second-order valence-electron chi connectivity index (χ2n) is 5.09. The van der Waals surface area contributed by atoms with Gasteiger partial charge in [-0.3, -0.25) is 9.59 Å². The zero-order valence-corrected chi connectivity index (χ0v) is 13.1. The van der Waals surface area contributed by atoms with Crippen LogP contribution in [0, 0.1) is 13.8 Å². The zero-order chi connectivity index (χ0) is 16.7. The van der Waals surface area contributed by atoms with Crippen LogP contribution in [0.25, 0.3) is 6.08 Å². The number of hydrogen-bond acceptors (Lipinski definition) is 4. The van der Waals surface area contributed by atoms with Gasteiger partial charge in [-0.05, 0) is 43.7 Å². The molecule has 0 saturated heterocycles. The maximum Gasteiger partial charge on any atom is 0.244 e. The van der Waals surface area contributed by atoms with E-state index in [1.54, 1.807) is 24.4 Å². The van der Waals surface area contributed by atoms with Crippen LogP contribution in [0.5, 0.6) is 0 Å². The van der Waals surface area contributed by atoms with Crippen LogP contribution >= 0.6 is 0 Å². The summed E-state index contributed by atoms with van der Waals surface area (Å²) >= 11 is 0. The highest BCUT2D eigenvalue weighted by Crippen LogP contribution is 2.07. The van der Waals surface area contributed by atoms with Crippen molar-refractivity contribution in [3.8, 4) is 0 Å². The van der Waals surface area contributed by atoms with E-state index in [0.29, 0.717) is 11.6 Å². The van der Waals surface area contributed by atoms with E-state index in [1.807, 2.05) is 26.0 Å². The van der Waals surface area contributed by atoms with Crippen molar-refractivity contribution in [3.63, 3.8) is 0 Å². The number of carbonyl (C=O) groups excluding carboxylic acids is 2. The molecule has 2 heterocycles. The van der Waals surface area contributed by atoms with Gasteiger partial charge in [0.15, 0.2) is 0 Å². The molecular formula is C17H19N3O3. The largest absolute Gasteiger partial charge is 0.462 e. The Hall–Kier alpha value is -2.89. The molecule has 23 heavy (non-hydrogen) atoms. The first kappa shape index (κ1) is 16.5. The van der Waals surface area contributed by atoms with Gasteiger partial charge in [0.05, 0.1) is 0 Å². The van der Waals surface area contributed by atoms with Gasteiger partial charge in [-0.2, -0.15) is 0 Å². The van der Waals surface area contributed by atoms with E-state index in [0.717, 1.165) is 11.3 Å². The Kier molecular flexibility index (Phi) is 5.68. The third-order valence-electron chi connectivity index (χ3n) is 2.99. The lowest BCUT2D eigenvalue weighted by atomic mass is 10.3. The number of furan rings is 1. The number of carbonyl (C=O) groups is 2. The number of amides is 2. The van der Waals surface area contributed by atoms with Gasteiger partial charge in [-0.25, -0.2) is 4.98 Å². The van der Waals surface area contributed by atoms with Gasteiger partial charge < -0.3 is 15.1 Å². The second kappa shape index (κ2) is 7.93. The minimum atomic E-state index is -0.277. The molecule has 6 nitrogen and oxygen atoms in total. The molecule has 2 N–H and O–H groups in total. The van der Waals surface area contributed by atoms with Crippen molar-refractivity contribution >= 4 is 23.7 Å². The summed E-state index contributed by atoms with van der Waals surface area (Å²) in [5.74, 6) is 1.42. The summed E-state index contributed by atoms with van der Waals surface area (Å²) < 4.78 is 5.31. The maximum atomic E-state index is 11.7. The number of hydrogen-bond donors (Lipinski definition) is 2. The number of aryl methyl sites for hydroxylation is 2. The summed E-state index contributed by atoms with van der Waals surface area (Å²) in [7, 11) is 0. The molecule has 2 amide bonds. The van der Waals surface area contributed by atoms with Crippen molar-refractivity contribution in [3.05, 3.63) is 53.6 Å². The van der Waals surface area contributed by atoms with Gasteiger partial charge >= 0.3 is 0 Å². The Morgan fingerprint density at radius 2 is 2.04 bits per heavy atom. The van der Waals surface area contributed by atoms with Crippen molar-refractivity contribution < 1.29 is 14.0 Å². The van der Waals surface area contributed by atoms with Crippen LogP contribution in [0.2, 0.25) is 0 Å². The predicted molar refractivity (Wildman–Crippen MR) is 87.7 cm³/mol. The summed E-state index contributed by atoms with van der Waals surface area (Å²) in [6.45, 7) is 4.00. The molecule has 2 aromatic heterocycles. The van der Waals surface area contributed by atoms with Gasteiger partial charge in [-0.1, -0.05) is 6.07 Å². The first-order valence-corrected chi connectivity index (χ1v) is 7.28. The average molecular weight is 313 g/mol. The molecule has 0 spiro atoms. The predicted octanol–water partition coefficient (Wildman–Crippen LogP) is 2.45. The highest BCUT2D eigenvalue weighted by molar-refractivity contribution is 5.93. The molecule has 0 aliphatic rings. The van der Waals surface area contributed by atoms with Crippen LogP contribution in [0.1, 0.15) is 23.5 Å². The van der Waals surface area contributed by atoms with E-state index in [1.165, 1.54) is 6.08 Å². The zero-order valence-electron chi connectivity index (χ0n) is 13.1. The van der Waals surface area contributed by atoms with E-state index < -0.39 is 0 Å². The van der Waals surface area contributed by atoms with Crippen LogP contribution in [0.3, 0.4) is 0 Å². The second-order valence-corrected chi connectivity index (χ2v) is 5.09. The van der Waals surface area contributed by atoms with Crippen LogP contribution in [-0.2, 0) is 9.59 Å². The smallest absolute Gasteiger partial charge is 0.244 e. The summed E-state index contributed by atoms with van der Waals surface area (Å²) in [6, 6.07) is 7.20. The van der Waals surface area contributed by atoms with Crippen LogP contribution in [0.4, 0.5) is 5.82 Å². The lowest BCUT2D eigenvalue weighted by Crippen LogP contribution is -2.26. The first-order valence-electron chi connectivity index (χ1n) is 7.28. The van der Waals surface area contributed by atoms with Gasteiger partial charge in [0.2, 0.25) is 11.8 Å². The minimum Gasteiger partial charge on any atom is -0.462 e. The SMILES string of the molecule is Cc1ccc(NC(=O)CCNC(=O)/C=C/c2ccc(C)o2)nc1. The summed E-state index contributed by atoms with van der Waals surface area (Å²) in [5.41, 5.74) is 1.02. The molecule has 0 fully saturated rings. The van der Waals surface area contributed by atoms with Crippen molar-refractivity contribution in [2.45, 2.75) is 20.3 Å². The quantitative estimate of drug-likeness (QED) is 0.802. The standard InChI is InChI=1S/C17H19N3O3/c1-12-3-7-15(19-11-12)20-17(22)9-10-18-16(21)8-6-14-5-4-13(2)23-14/h3-8,11H,9-10H2,1-2H3,(H,18,21)(H,19,20,22)/b8-6+. The molecule has 0 aliphatic carbocycles. The molecule has 0 atom stereocenters. The van der Waals surface area contributed by atoms with Gasteiger partial charge in [-0.15, -0.1) is 0 Å². The van der Waals surface area contributed by atoms with Gasteiger partial charge in [0, 0.05) is 25.2 Å². The van der Waals surface area contributed by atoms with E-state index >= 15 is 0 Å². The molecular weight excluding hydrogens is 294 g/mol. The first-order chi connectivity index (χ1) is 11.0. The van der Waals surface area contributed by atoms with Crippen LogP contribution in [0.15, 0.2) is 41.0 Å². The summed E-state index contributed by atoms with van der Waals surface area (Å²) in [6.07, 6.45) is 4.81. The van der Waals surface area contributed by atoms with E-state index in [9.17, 15) is 9.59 Å².